The van der Waals surface area contributed by atoms with Crippen molar-refractivity contribution in [3.05, 3.63) is 0 Å². The van der Waals surface area contributed by atoms with Crippen LogP contribution < -0.4 is 0 Å². The Labute approximate surface area is 368 Å². The fourth-order valence-electron chi connectivity index (χ4n) is 7.96. The zero-order chi connectivity index (χ0) is 43.3. The van der Waals surface area contributed by atoms with Gasteiger partial charge < -0.3 is 14.2 Å². The van der Waals surface area contributed by atoms with Crippen LogP contribution in [-0.4, -0.2) is 37.2 Å². The lowest BCUT2D eigenvalue weighted by Gasteiger charge is -2.18. The van der Waals surface area contributed by atoms with E-state index >= 15 is 0 Å². The molecule has 6 nitrogen and oxygen atoms in total. The molecule has 0 radical (unpaired) electrons. The summed E-state index contributed by atoms with van der Waals surface area (Å²) in [5.74, 6) is 0.814. The molecule has 0 aliphatic heterocycles. The minimum atomic E-state index is -0.762. The van der Waals surface area contributed by atoms with E-state index in [4.69, 9.17) is 14.2 Å². The summed E-state index contributed by atoms with van der Waals surface area (Å²) in [5, 5.41) is 0. The number of hydrogen-bond donors (Lipinski definition) is 0. The third kappa shape index (κ3) is 45.8. The topological polar surface area (TPSA) is 78.9 Å². The molecule has 0 aliphatic rings. The molecule has 0 fully saturated rings. The van der Waals surface area contributed by atoms with E-state index in [9.17, 15) is 14.4 Å². The monoisotopic (exact) mass is 835 g/mol. The number of carbonyl (C=O) groups is 3. The maximum absolute atomic E-state index is 12.8. The molecule has 0 aromatic carbocycles. The molecular weight excluding hydrogens is 733 g/mol. The van der Waals surface area contributed by atoms with Gasteiger partial charge in [-0.05, 0) is 31.1 Å². The minimum Gasteiger partial charge on any atom is -0.462 e. The molecule has 0 saturated heterocycles. The summed E-state index contributed by atoms with van der Waals surface area (Å²) in [7, 11) is 0. The first-order valence-corrected chi connectivity index (χ1v) is 26.3. The van der Waals surface area contributed by atoms with Crippen molar-refractivity contribution >= 4 is 17.9 Å². The van der Waals surface area contributed by atoms with Crippen LogP contribution in [0.2, 0.25) is 0 Å². The highest BCUT2D eigenvalue weighted by Crippen LogP contribution is 2.18. The molecule has 2 atom stereocenters. The first kappa shape index (κ1) is 57.4. The molecule has 0 spiro atoms. The van der Waals surface area contributed by atoms with Crippen molar-refractivity contribution in [1.29, 1.82) is 0 Å². The van der Waals surface area contributed by atoms with E-state index in [0.29, 0.717) is 19.3 Å². The number of unbranched alkanes of at least 4 members (excludes halogenated alkanes) is 31. The van der Waals surface area contributed by atoms with Crippen LogP contribution in [0.3, 0.4) is 0 Å². The van der Waals surface area contributed by atoms with E-state index in [2.05, 4.69) is 34.6 Å². The van der Waals surface area contributed by atoms with Gasteiger partial charge in [0, 0.05) is 19.3 Å². The molecule has 0 aromatic rings. The van der Waals surface area contributed by atoms with Gasteiger partial charge in [-0.1, -0.05) is 253 Å². The fourth-order valence-corrected chi connectivity index (χ4v) is 7.96. The Morgan fingerprint density at radius 2 is 0.644 bits per heavy atom. The Bertz CT molecular complexity index is 902. The maximum atomic E-state index is 12.8. The van der Waals surface area contributed by atoms with Crippen LogP contribution in [0.1, 0.15) is 291 Å². The van der Waals surface area contributed by atoms with Gasteiger partial charge in [0.05, 0.1) is 0 Å². The van der Waals surface area contributed by atoms with E-state index in [-0.39, 0.29) is 31.1 Å². The molecule has 0 heterocycles. The molecule has 0 bridgehead atoms. The third-order valence-electron chi connectivity index (χ3n) is 12.3. The quantitative estimate of drug-likeness (QED) is 0.0345. The lowest BCUT2D eigenvalue weighted by molar-refractivity contribution is -0.167. The van der Waals surface area contributed by atoms with Gasteiger partial charge in [0.15, 0.2) is 6.10 Å². The fraction of sp³-hybridized carbons (Fsp3) is 0.943. The first-order chi connectivity index (χ1) is 28.8. The van der Waals surface area contributed by atoms with Crippen LogP contribution in [0.25, 0.3) is 0 Å². The van der Waals surface area contributed by atoms with Crippen LogP contribution >= 0.6 is 0 Å². The molecule has 1 unspecified atom stereocenters. The standard InChI is InChI=1S/C53H102O6/c1-6-8-9-10-11-12-13-17-22-25-28-35-40-45-53(56)59-50(47-58-52(55)44-39-34-30-29-32-37-42-49(5)7-2)46-57-51(54)43-38-33-27-24-21-19-16-14-15-18-20-23-26-31-36-41-48(3)4/h48-50H,6-47H2,1-5H3/t49?,50-/m1/s1. The van der Waals surface area contributed by atoms with Crippen molar-refractivity contribution in [2.45, 2.75) is 298 Å². The molecule has 0 rings (SSSR count). The van der Waals surface area contributed by atoms with Gasteiger partial charge in [-0.15, -0.1) is 0 Å². The number of ether oxygens (including phenoxy) is 3. The number of carbonyl (C=O) groups excluding carboxylic acids is 3. The Morgan fingerprint density at radius 3 is 0.966 bits per heavy atom. The van der Waals surface area contributed by atoms with Crippen LogP contribution in [0, 0.1) is 11.8 Å². The van der Waals surface area contributed by atoms with Crippen LogP contribution in [0.5, 0.6) is 0 Å². The summed E-state index contributed by atoms with van der Waals surface area (Å²) >= 11 is 0. The Hall–Kier alpha value is -1.59. The second kappa shape index (κ2) is 45.9. The van der Waals surface area contributed by atoms with Gasteiger partial charge in [-0.25, -0.2) is 0 Å². The third-order valence-corrected chi connectivity index (χ3v) is 12.3. The van der Waals surface area contributed by atoms with Crippen molar-refractivity contribution in [3.63, 3.8) is 0 Å². The highest BCUT2D eigenvalue weighted by molar-refractivity contribution is 5.71. The summed E-state index contributed by atoms with van der Waals surface area (Å²) in [6, 6.07) is 0. The number of hydrogen-bond acceptors (Lipinski definition) is 6. The highest BCUT2D eigenvalue weighted by Gasteiger charge is 2.19. The number of rotatable bonds is 47. The molecule has 6 heteroatoms. The van der Waals surface area contributed by atoms with E-state index in [1.807, 2.05) is 0 Å². The lowest BCUT2D eigenvalue weighted by Crippen LogP contribution is -2.30. The molecule has 59 heavy (non-hydrogen) atoms. The normalized spacial score (nSPS) is 12.5. The summed E-state index contributed by atoms with van der Waals surface area (Å²) in [6.07, 6.45) is 46.6. The number of esters is 3. The Morgan fingerprint density at radius 1 is 0.356 bits per heavy atom. The zero-order valence-electron chi connectivity index (χ0n) is 40.4. The van der Waals surface area contributed by atoms with E-state index in [1.165, 1.54) is 180 Å². The van der Waals surface area contributed by atoms with Gasteiger partial charge >= 0.3 is 17.9 Å². The largest absolute Gasteiger partial charge is 0.462 e. The molecule has 0 N–H and O–H groups in total. The highest BCUT2D eigenvalue weighted by atomic mass is 16.6. The summed E-state index contributed by atoms with van der Waals surface area (Å²) in [4.78, 5) is 37.9. The minimum absolute atomic E-state index is 0.0641. The molecule has 350 valence electrons. The SMILES string of the molecule is CCCCCCCCCCCCCCCC(=O)O[C@H](COC(=O)CCCCCCCCCCCCCCCCCC(C)C)COC(=O)CCCCCCCCC(C)CC. The van der Waals surface area contributed by atoms with Crippen LogP contribution in [-0.2, 0) is 28.6 Å². The van der Waals surface area contributed by atoms with E-state index in [1.54, 1.807) is 0 Å². The van der Waals surface area contributed by atoms with Gasteiger partial charge in [0.2, 0.25) is 0 Å². The van der Waals surface area contributed by atoms with Crippen molar-refractivity contribution in [2.75, 3.05) is 13.2 Å². The van der Waals surface area contributed by atoms with Crippen LogP contribution in [0.4, 0.5) is 0 Å². The zero-order valence-corrected chi connectivity index (χ0v) is 40.4. The average molecular weight is 835 g/mol. The average Bonchev–Trinajstić information content (AvgIpc) is 3.22. The maximum Gasteiger partial charge on any atom is 0.306 e. The molecular formula is C53H102O6. The predicted molar refractivity (Wildman–Crippen MR) is 252 cm³/mol. The van der Waals surface area contributed by atoms with Crippen LogP contribution in [0.15, 0.2) is 0 Å². The smallest absolute Gasteiger partial charge is 0.306 e. The van der Waals surface area contributed by atoms with E-state index < -0.39 is 6.10 Å². The van der Waals surface area contributed by atoms with Gasteiger partial charge in [0.25, 0.3) is 0 Å². The van der Waals surface area contributed by atoms with Gasteiger partial charge in [0.1, 0.15) is 13.2 Å². The summed E-state index contributed by atoms with van der Waals surface area (Å²) in [6.45, 7) is 11.4. The molecule has 0 aromatic heterocycles. The molecule has 0 aliphatic carbocycles. The van der Waals surface area contributed by atoms with E-state index in [0.717, 1.165) is 69.6 Å². The summed E-state index contributed by atoms with van der Waals surface area (Å²) in [5.41, 5.74) is 0. The Balaban J connectivity index is 4.26. The summed E-state index contributed by atoms with van der Waals surface area (Å²) < 4.78 is 16.8. The second-order valence-corrected chi connectivity index (χ2v) is 18.9. The Kier molecular flexibility index (Phi) is 44.7. The second-order valence-electron chi connectivity index (χ2n) is 18.9. The lowest BCUT2D eigenvalue weighted by atomic mass is 10.00. The van der Waals surface area contributed by atoms with Gasteiger partial charge in [-0.2, -0.15) is 0 Å². The van der Waals surface area contributed by atoms with Crippen molar-refractivity contribution in [3.8, 4) is 0 Å². The van der Waals surface area contributed by atoms with Gasteiger partial charge in [-0.3, -0.25) is 14.4 Å². The first-order valence-electron chi connectivity index (χ1n) is 26.3. The molecule has 0 saturated carbocycles. The predicted octanol–water partition coefficient (Wildman–Crippen LogP) is 16.9. The van der Waals surface area contributed by atoms with Crippen molar-refractivity contribution in [1.82, 2.24) is 0 Å². The molecule has 0 amide bonds. The van der Waals surface area contributed by atoms with Crippen molar-refractivity contribution < 1.29 is 28.6 Å². The van der Waals surface area contributed by atoms with Crippen molar-refractivity contribution in [2.24, 2.45) is 11.8 Å².